The molecule has 0 saturated carbocycles. The van der Waals surface area contributed by atoms with E-state index in [0.29, 0.717) is 12.1 Å². The Morgan fingerprint density at radius 3 is 2.26 bits per heavy atom. The molecule has 0 radical (unpaired) electrons. The standard InChI is InChI=1S/C14H7BrClF6N5/c1-4(14(20,21)22)23-11-9(8-6(18)2-5(17)3-7(8)19)10(16)24-13-25-12(15)26-27(11)13/h2-4,23H,1H3/t4-/m0/s1. The average Bonchev–Trinajstić information content (AvgIpc) is 2.87. The van der Waals surface area contributed by atoms with Gasteiger partial charge in [0.15, 0.2) is 0 Å². The Bertz CT molecular complexity index is 1010. The van der Waals surface area contributed by atoms with E-state index in [0.717, 1.165) is 11.4 Å². The van der Waals surface area contributed by atoms with Crippen LogP contribution in [0.5, 0.6) is 0 Å². The topological polar surface area (TPSA) is 55.1 Å². The normalized spacial score (nSPS) is 13.2. The summed E-state index contributed by atoms with van der Waals surface area (Å²) in [5.74, 6) is -4.71. The highest BCUT2D eigenvalue weighted by Gasteiger charge is 2.37. The van der Waals surface area contributed by atoms with Crippen LogP contribution in [0.3, 0.4) is 0 Å². The molecule has 2 aromatic heterocycles. The molecule has 0 aliphatic carbocycles. The highest BCUT2D eigenvalue weighted by atomic mass is 79.9. The van der Waals surface area contributed by atoms with E-state index in [1.54, 1.807) is 0 Å². The lowest BCUT2D eigenvalue weighted by Crippen LogP contribution is -2.34. The third-order valence-electron chi connectivity index (χ3n) is 3.52. The molecule has 27 heavy (non-hydrogen) atoms. The van der Waals surface area contributed by atoms with Crippen molar-refractivity contribution in [1.82, 2.24) is 19.6 Å². The summed E-state index contributed by atoms with van der Waals surface area (Å²) < 4.78 is 81.6. The van der Waals surface area contributed by atoms with E-state index in [1.807, 2.05) is 0 Å². The van der Waals surface area contributed by atoms with Crippen molar-refractivity contribution < 1.29 is 26.3 Å². The van der Waals surface area contributed by atoms with Crippen LogP contribution in [0, 0.1) is 17.5 Å². The van der Waals surface area contributed by atoms with E-state index in [4.69, 9.17) is 11.6 Å². The molecule has 1 N–H and O–H groups in total. The molecule has 3 aromatic rings. The van der Waals surface area contributed by atoms with Gasteiger partial charge in [0.05, 0.1) is 11.1 Å². The van der Waals surface area contributed by atoms with Gasteiger partial charge < -0.3 is 5.32 Å². The SMILES string of the molecule is C[C@H](Nc1c(-c2c(F)cc(F)cc2F)c(Cl)nc2nc(Br)nn12)C(F)(F)F. The molecule has 5 nitrogen and oxygen atoms in total. The fourth-order valence-electron chi connectivity index (χ4n) is 2.27. The van der Waals surface area contributed by atoms with Crippen molar-refractivity contribution in [2.45, 2.75) is 19.1 Å². The molecule has 3 rings (SSSR count). The number of nitrogens with zero attached hydrogens (tertiary/aromatic N) is 4. The van der Waals surface area contributed by atoms with Crippen LogP contribution in [-0.4, -0.2) is 31.8 Å². The molecule has 2 heterocycles. The minimum Gasteiger partial charge on any atom is -0.358 e. The van der Waals surface area contributed by atoms with Crippen LogP contribution in [0.2, 0.25) is 5.15 Å². The third kappa shape index (κ3) is 3.68. The monoisotopic (exact) mass is 473 g/mol. The number of hydrogen-bond acceptors (Lipinski definition) is 4. The molecule has 144 valence electrons. The first kappa shape index (κ1) is 19.7. The van der Waals surface area contributed by atoms with Gasteiger partial charge in [-0.2, -0.15) is 27.7 Å². The second kappa shape index (κ2) is 6.82. The molecule has 0 spiro atoms. The maximum absolute atomic E-state index is 14.3. The van der Waals surface area contributed by atoms with Crippen molar-refractivity contribution in [3.8, 4) is 11.1 Å². The summed E-state index contributed by atoms with van der Waals surface area (Å²) in [5.41, 5.74) is -1.42. The minimum absolute atomic E-state index is 0.0500. The van der Waals surface area contributed by atoms with Crippen LogP contribution in [-0.2, 0) is 0 Å². The molecular formula is C14H7BrClF6N5. The zero-order valence-corrected chi connectivity index (χ0v) is 15.4. The Morgan fingerprint density at radius 1 is 1.11 bits per heavy atom. The lowest BCUT2D eigenvalue weighted by Gasteiger charge is -2.21. The first-order chi connectivity index (χ1) is 12.5. The van der Waals surface area contributed by atoms with Crippen molar-refractivity contribution in [2.24, 2.45) is 0 Å². The molecule has 1 atom stereocenters. The number of halogens is 8. The lowest BCUT2D eigenvalue weighted by atomic mass is 10.1. The van der Waals surface area contributed by atoms with Gasteiger partial charge in [-0.15, -0.1) is 5.10 Å². The van der Waals surface area contributed by atoms with Gasteiger partial charge in [-0.3, -0.25) is 0 Å². The Hall–Kier alpha value is -2.08. The lowest BCUT2D eigenvalue weighted by molar-refractivity contribution is -0.138. The number of benzene rings is 1. The van der Waals surface area contributed by atoms with Crippen LogP contribution in [0.1, 0.15) is 6.92 Å². The minimum atomic E-state index is -4.70. The largest absolute Gasteiger partial charge is 0.408 e. The van der Waals surface area contributed by atoms with E-state index < -0.39 is 51.8 Å². The highest BCUT2D eigenvalue weighted by molar-refractivity contribution is 9.10. The zero-order chi connectivity index (χ0) is 20.1. The maximum Gasteiger partial charge on any atom is 0.408 e. The number of nitrogens with one attached hydrogen (secondary N) is 1. The summed E-state index contributed by atoms with van der Waals surface area (Å²) in [6.45, 7) is 0.785. The summed E-state index contributed by atoms with van der Waals surface area (Å²) in [7, 11) is 0. The van der Waals surface area contributed by atoms with E-state index in [9.17, 15) is 26.3 Å². The van der Waals surface area contributed by atoms with Crippen LogP contribution in [0.4, 0.5) is 32.2 Å². The maximum atomic E-state index is 14.3. The van der Waals surface area contributed by atoms with Crippen molar-refractivity contribution in [3.05, 3.63) is 39.5 Å². The number of hydrogen-bond donors (Lipinski definition) is 1. The van der Waals surface area contributed by atoms with Crippen LogP contribution in [0.15, 0.2) is 16.9 Å². The van der Waals surface area contributed by atoms with Crippen molar-refractivity contribution in [3.63, 3.8) is 0 Å². The molecule has 1 aromatic carbocycles. The average molecular weight is 475 g/mol. The van der Waals surface area contributed by atoms with Gasteiger partial charge in [-0.1, -0.05) is 11.6 Å². The summed E-state index contributed by atoms with van der Waals surface area (Å²) in [6.07, 6.45) is -4.70. The van der Waals surface area contributed by atoms with E-state index in [2.05, 4.69) is 36.3 Å². The van der Waals surface area contributed by atoms with Gasteiger partial charge in [-0.25, -0.2) is 13.2 Å². The van der Waals surface area contributed by atoms with E-state index in [-0.39, 0.29) is 10.5 Å². The third-order valence-corrected chi connectivity index (χ3v) is 4.13. The van der Waals surface area contributed by atoms with Crippen molar-refractivity contribution in [2.75, 3.05) is 5.32 Å². The molecule has 0 aliphatic rings. The van der Waals surface area contributed by atoms with E-state index in [1.165, 1.54) is 0 Å². The smallest absolute Gasteiger partial charge is 0.358 e. The fourth-order valence-corrected chi connectivity index (χ4v) is 2.85. The Labute approximate surface area is 160 Å². The van der Waals surface area contributed by atoms with Gasteiger partial charge in [0.25, 0.3) is 5.78 Å². The number of anilines is 1. The molecule has 0 aliphatic heterocycles. The zero-order valence-electron chi connectivity index (χ0n) is 13.0. The fraction of sp³-hybridized carbons (Fsp3) is 0.214. The molecule has 0 bridgehead atoms. The van der Waals surface area contributed by atoms with Gasteiger partial charge >= 0.3 is 6.18 Å². The predicted octanol–water partition coefficient (Wildman–Crippen LogP) is 4.99. The Kier molecular flexibility index (Phi) is 4.97. The van der Waals surface area contributed by atoms with Crippen molar-refractivity contribution in [1.29, 1.82) is 0 Å². The molecule has 0 saturated heterocycles. The number of aromatic nitrogens is 4. The van der Waals surface area contributed by atoms with Gasteiger partial charge in [0.2, 0.25) is 4.73 Å². The number of rotatable bonds is 3. The Morgan fingerprint density at radius 2 is 1.70 bits per heavy atom. The quantitative estimate of drug-likeness (QED) is 0.429. The molecule has 0 unspecified atom stereocenters. The van der Waals surface area contributed by atoms with Gasteiger partial charge in [0.1, 0.15) is 34.5 Å². The molecule has 0 fully saturated rings. The summed E-state index contributed by atoms with van der Waals surface area (Å²) in [6, 6.07) is -1.41. The first-order valence-electron chi connectivity index (χ1n) is 7.09. The summed E-state index contributed by atoms with van der Waals surface area (Å²) in [5, 5.41) is 5.33. The van der Waals surface area contributed by atoms with Crippen molar-refractivity contribution >= 4 is 39.1 Å². The highest BCUT2D eigenvalue weighted by Crippen LogP contribution is 2.39. The van der Waals surface area contributed by atoms with Crippen LogP contribution < -0.4 is 5.32 Å². The van der Waals surface area contributed by atoms with Crippen LogP contribution in [0.25, 0.3) is 16.9 Å². The molecular weight excluding hydrogens is 468 g/mol. The van der Waals surface area contributed by atoms with Gasteiger partial charge in [-0.05, 0) is 22.9 Å². The Balaban J connectivity index is 2.35. The summed E-state index contributed by atoms with van der Waals surface area (Å²) in [4.78, 5) is 7.59. The van der Waals surface area contributed by atoms with Crippen LogP contribution >= 0.6 is 27.5 Å². The first-order valence-corrected chi connectivity index (χ1v) is 8.26. The number of alkyl halides is 3. The van der Waals surface area contributed by atoms with E-state index >= 15 is 0 Å². The number of fused-ring (bicyclic) bond motifs is 1. The molecule has 0 amide bonds. The molecule has 13 heteroatoms. The van der Waals surface area contributed by atoms with Gasteiger partial charge in [0, 0.05) is 12.1 Å². The predicted molar refractivity (Wildman–Crippen MR) is 87.9 cm³/mol. The summed E-state index contributed by atoms with van der Waals surface area (Å²) >= 11 is 8.91. The second-order valence-corrected chi connectivity index (χ2v) is 6.44. The second-order valence-electron chi connectivity index (χ2n) is 5.37.